The number of carbonyl (C=O) groups excluding carboxylic acids is 3. The monoisotopic (exact) mass is 539 g/mol. The molecule has 3 amide bonds. The maximum absolute atomic E-state index is 13.1. The molecule has 1 heterocycles. The number of nitrogens with one attached hydrogen (secondary N) is 3. The summed E-state index contributed by atoms with van der Waals surface area (Å²) < 4.78 is 0. The van der Waals surface area contributed by atoms with Gasteiger partial charge in [0.25, 0.3) is 5.91 Å². The lowest BCUT2D eigenvalue weighted by molar-refractivity contribution is -0.155. The minimum absolute atomic E-state index is 0.202. The molecule has 1 aliphatic carbocycles. The van der Waals surface area contributed by atoms with Crippen LogP contribution >= 0.6 is 22.9 Å². The summed E-state index contributed by atoms with van der Waals surface area (Å²) >= 11 is 7.21. The molecule has 0 atom stereocenters. The lowest BCUT2D eigenvalue weighted by atomic mass is 9.89. The van der Waals surface area contributed by atoms with Crippen molar-refractivity contribution in [3.8, 4) is 10.4 Å². The zero-order valence-corrected chi connectivity index (χ0v) is 22.6. The van der Waals surface area contributed by atoms with Crippen molar-refractivity contribution in [3.05, 3.63) is 69.1 Å². The van der Waals surface area contributed by atoms with Gasteiger partial charge in [-0.15, -0.1) is 11.3 Å². The summed E-state index contributed by atoms with van der Waals surface area (Å²) in [5, 5.41) is 6.28. The van der Waals surface area contributed by atoms with E-state index < -0.39 is 17.9 Å². The lowest BCUT2D eigenvalue weighted by Gasteiger charge is -2.19. The predicted octanol–water partition coefficient (Wildman–Crippen LogP) is 7.41. The molecule has 0 radical (unpaired) electrons. The van der Waals surface area contributed by atoms with E-state index >= 15 is 0 Å². The number of aryl methyl sites for hydroxylation is 3. The number of benzene rings is 2. The second-order valence-corrected chi connectivity index (χ2v) is 10.9. The van der Waals surface area contributed by atoms with Crippen molar-refractivity contribution >= 4 is 52.2 Å². The molecular weight excluding hydrogens is 510 g/mol. The Balaban J connectivity index is 1.54. The average Bonchev–Trinajstić information content (AvgIpc) is 3.29. The van der Waals surface area contributed by atoms with Gasteiger partial charge in [-0.25, -0.2) is 9.59 Å². The first kappa shape index (κ1) is 26.7. The summed E-state index contributed by atoms with van der Waals surface area (Å²) in [4.78, 5) is 44.6. The van der Waals surface area contributed by atoms with E-state index in [2.05, 4.69) is 16.1 Å². The van der Waals surface area contributed by atoms with Crippen molar-refractivity contribution in [1.82, 2.24) is 5.48 Å². The highest BCUT2D eigenvalue weighted by molar-refractivity contribution is 7.18. The molecule has 37 heavy (non-hydrogen) atoms. The van der Waals surface area contributed by atoms with Crippen LogP contribution in [-0.2, 0) is 9.63 Å². The number of anilines is 2. The first-order valence-electron chi connectivity index (χ1n) is 12.3. The SMILES string of the molecule is Cc1cc(C)c(NC(=O)Nc2cc(-c3ccc(Cl)cc3)sc2C(=O)NOC(=O)C2CCCCC2)c(C)c1. The molecule has 0 unspecified atom stereocenters. The Morgan fingerprint density at radius 3 is 2.22 bits per heavy atom. The van der Waals surface area contributed by atoms with Crippen molar-refractivity contribution in [1.29, 1.82) is 0 Å². The zero-order valence-electron chi connectivity index (χ0n) is 21.1. The van der Waals surface area contributed by atoms with Crippen LogP contribution < -0.4 is 16.1 Å². The minimum atomic E-state index is -0.604. The maximum Gasteiger partial charge on any atom is 0.335 e. The van der Waals surface area contributed by atoms with Gasteiger partial charge in [0, 0.05) is 15.6 Å². The number of amides is 3. The Morgan fingerprint density at radius 2 is 1.57 bits per heavy atom. The van der Waals surface area contributed by atoms with Crippen LogP contribution in [0.1, 0.15) is 58.5 Å². The summed E-state index contributed by atoms with van der Waals surface area (Å²) in [5.74, 6) is -1.24. The van der Waals surface area contributed by atoms with Gasteiger partial charge in [-0.3, -0.25) is 4.79 Å². The molecule has 0 spiro atoms. The van der Waals surface area contributed by atoms with E-state index in [9.17, 15) is 14.4 Å². The van der Waals surface area contributed by atoms with E-state index in [1.165, 1.54) is 11.3 Å². The Bertz CT molecular complexity index is 1290. The van der Waals surface area contributed by atoms with Crippen molar-refractivity contribution in [3.63, 3.8) is 0 Å². The Morgan fingerprint density at radius 1 is 0.919 bits per heavy atom. The largest absolute Gasteiger partial charge is 0.340 e. The number of halogens is 1. The van der Waals surface area contributed by atoms with Crippen LogP contribution in [0, 0.1) is 26.7 Å². The topological polar surface area (TPSA) is 96.5 Å². The molecular formula is C28H30ClN3O4S. The second kappa shape index (κ2) is 11.8. The molecule has 1 fully saturated rings. The summed E-state index contributed by atoms with van der Waals surface area (Å²) in [7, 11) is 0. The third-order valence-electron chi connectivity index (χ3n) is 6.41. The first-order chi connectivity index (χ1) is 17.7. The van der Waals surface area contributed by atoms with Crippen LogP contribution in [0.2, 0.25) is 5.02 Å². The van der Waals surface area contributed by atoms with E-state index in [0.29, 0.717) is 16.4 Å². The van der Waals surface area contributed by atoms with Crippen LogP contribution in [0.25, 0.3) is 10.4 Å². The molecule has 0 aliphatic heterocycles. The molecule has 194 valence electrons. The van der Waals surface area contributed by atoms with Gasteiger partial charge >= 0.3 is 12.0 Å². The van der Waals surface area contributed by atoms with Crippen molar-refractivity contribution < 1.29 is 19.2 Å². The smallest absolute Gasteiger partial charge is 0.335 e. The van der Waals surface area contributed by atoms with Crippen molar-refractivity contribution in [2.75, 3.05) is 10.6 Å². The highest BCUT2D eigenvalue weighted by atomic mass is 35.5. The summed E-state index contributed by atoms with van der Waals surface area (Å²) in [5.41, 5.74) is 7.12. The molecule has 7 nitrogen and oxygen atoms in total. The van der Waals surface area contributed by atoms with Gasteiger partial charge < -0.3 is 15.5 Å². The van der Waals surface area contributed by atoms with Crippen molar-refractivity contribution in [2.45, 2.75) is 52.9 Å². The van der Waals surface area contributed by atoms with Crippen LogP contribution in [0.5, 0.6) is 0 Å². The maximum atomic E-state index is 13.1. The number of urea groups is 1. The Hall–Kier alpha value is -3.36. The van der Waals surface area contributed by atoms with Gasteiger partial charge in [0.15, 0.2) is 0 Å². The molecule has 0 saturated heterocycles. The van der Waals surface area contributed by atoms with E-state index in [0.717, 1.165) is 59.2 Å². The number of rotatable bonds is 5. The van der Waals surface area contributed by atoms with Crippen LogP contribution in [0.3, 0.4) is 0 Å². The van der Waals surface area contributed by atoms with Gasteiger partial charge in [0.05, 0.1) is 11.6 Å². The van der Waals surface area contributed by atoms with Gasteiger partial charge in [-0.1, -0.05) is 60.7 Å². The van der Waals surface area contributed by atoms with Gasteiger partial charge in [-0.05, 0) is 68.5 Å². The lowest BCUT2D eigenvalue weighted by Crippen LogP contribution is -2.31. The number of carbonyl (C=O) groups is 3. The Labute approximate surface area is 225 Å². The fraction of sp³-hybridized carbons (Fsp3) is 0.321. The zero-order chi connectivity index (χ0) is 26.5. The van der Waals surface area contributed by atoms with Gasteiger partial charge in [0.2, 0.25) is 0 Å². The van der Waals surface area contributed by atoms with E-state index in [-0.39, 0.29) is 10.8 Å². The Kier molecular flexibility index (Phi) is 8.51. The summed E-state index contributed by atoms with van der Waals surface area (Å²) in [6.45, 7) is 5.86. The predicted molar refractivity (Wildman–Crippen MR) is 148 cm³/mol. The first-order valence-corrected chi connectivity index (χ1v) is 13.5. The summed E-state index contributed by atoms with van der Waals surface area (Å²) in [6, 6.07) is 12.4. The normalized spacial score (nSPS) is 13.6. The van der Waals surface area contributed by atoms with Crippen LogP contribution in [0.15, 0.2) is 42.5 Å². The number of hydroxylamine groups is 1. The number of hydrogen-bond acceptors (Lipinski definition) is 5. The van der Waals surface area contributed by atoms with Crippen molar-refractivity contribution in [2.24, 2.45) is 5.92 Å². The molecule has 1 aromatic heterocycles. The molecule has 3 N–H and O–H groups in total. The number of hydrogen-bond donors (Lipinski definition) is 3. The molecule has 0 bridgehead atoms. The van der Waals surface area contributed by atoms with E-state index in [1.807, 2.05) is 45.0 Å². The average molecular weight is 540 g/mol. The molecule has 4 rings (SSSR count). The van der Waals surface area contributed by atoms with E-state index in [4.69, 9.17) is 16.4 Å². The minimum Gasteiger partial charge on any atom is -0.340 e. The van der Waals surface area contributed by atoms with Gasteiger partial charge in [-0.2, -0.15) is 5.48 Å². The highest BCUT2D eigenvalue weighted by Crippen LogP contribution is 2.36. The van der Waals surface area contributed by atoms with Crippen LogP contribution in [-0.4, -0.2) is 17.9 Å². The second-order valence-electron chi connectivity index (χ2n) is 9.40. The number of thiophene rings is 1. The van der Waals surface area contributed by atoms with Crippen LogP contribution in [0.4, 0.5) is 16.2 Å². The molecule has 1 aliphatic rings. The third-order valence-corrected chi connectivity index (χ3v) is 7.85. The quantitative estimate of drug-likeness (QED) is 0.294. The standard InChI is InChI=1S/C28H30ClN3O4S/c1-16-13-17(2)24(18(3)14-16)31-28(35)30-22-15-23(19-9-11-21(29)12-10-19)37-25(22)26(33)32-36-27(34)20-7-5-4-6-8-20/h9-15,20H,4-8H2,1-3H3,(H,32,33)(H2,30,31,35). The molecule has 1 saturated carbocycles. The summed E-state index contributed by atoms with van der Waals surface area (Å²) in [6.07, 6.45) is 4.59. The highest BCUT2D eigenvalue weighted by Gasteiger charge is 2.25. The third kappa shape index (κ3) is 6.70. The van der Waals surface area contributed by atoms with E-state index in [1.54, 1.807) is 18.2 Å². The molecule has 2 aromatic carbocycles. The molecule has 3 aromatic rings. The van der Waals surface area contributed by atoms with Gasteiger partial charge in [0.1, 0.15) is 4.88 Å². The fourth-order valence-corrected chi connectivity index (χ4v) is 5.75. The molecule has 9 heteroatoms. The fourth-order valence-electron chi connectivity index (χ4n) is 4.62.